The molecule has 0 saturated heterocycles. The van der Waals surface area contributed by atoms with Gasteiger partial charge < -0.3 is 4.74 Å². The quantitative estimate of drug-likeness (QED) is 0.470. The van der Waals surface area contributed by atoms with Gasteiger partial charge in [0.15, 0.2) is 0 Å². The lowest BCUT2D eigenvalue weighted by atomic mass is 10.0. The standard InChI is InChI=1S/C15H10BrNO2S/c1-19-13-4-2-3-11(7-13)15(18)12(8-17)5-10-6-14(16)20-9-10/h2-7,9H,1H3/b12-5+. The van der Waals surface area contributed by atoms with E-state index in [1.165, 1.54) is 18.4 Å². The van der Waals surface area contributed by atoms with Crippen LogP contribution in [-0.2, 0) is 0 Å². The number of nitriles is 1. The van der Waals surface area contributed by atoms with E-state index in [2.05, 4.69) is 15.9 Å². The minimum absolute atomic E-state index is 0.101. The third kappa shape index (κ3) is 3.35. The van der Waals surface area contributed by atoms with E-state index < -0.39 is 0 Å². The first-order valence-electron chi connectivity index (χ1n) is 5.68. The molecule has 0 atom stereocenters. The molecule has 5 heteroatoms. The highest BCUT2D eigenvalue weighted by atomic mass is 79.9. The number of hydrogen-bond donors (Lipinski definition) is 0. The van der Waals surface area contributed by atoms with Gasteiger partial charge in [0.2, 0.25) is 5.78 Å². The number of carbonyl (C=O) groups is 1. The van der Waals surface area contributed by atoms with Crippen LogP contribution in [0.15, 0.2) is 45.1 Å². The molecule has 3 nitrogen and oxygen atoms in total. The molecule has 0 aliphatic carbocycles. The monoisotopic (exact) mass is 347 g/mol. The third-order valence-corrected chi connectivity index (χ3v) is 4.12. The van der Waals surface area contributed by atoms with Gasteiger partial charge in [0.05, 0.1) is 10.9 Å². The molecule has 100 valence electrons. The number of allylic oxidation sites excluding steroid dienone is 1. The maximum Gasteiger partial charge on any atom is 0.203 e. The molecule has 0 unspecified atom stereocenters. The molecular formula is C15H10BrNO2S. The zero-order chi connectivity index (χ0) is 14.5. The molecule has 2 rings (SSSR count). The van der Waals surface area contributed by atoms with E-state index in [0.29, 0.717) is 11.3 Å². The Kier molecular flexibility index (Phi) is 4.72. The van der Waals surface area contributed by atoms with Crippen LogP contribution in [0.3, 0.4) is 0 Å². The van der Waals surface area contributed by atoms with Gasteiger partial charge in [0.25, 0.3) is 0 Å². The van der Waals surface area contributed by atoms with Gasteiger partial charge >= 0.3 is 0 Å². The van der Waals surface area contributed by atoms with Gasteiger partial charge in [0.1, 0.15) is 17.4 Å². The number of nitrogens with zero attached hydrogens (tertiary/aromatic N) is 1. The summed E-state index contributed by atoms with van der Waals surface area (Å²) < 4.78 is 6.03. The second-order valence-corrected chi connectivity index (χ2v) is 6.21. The third-order valence-electron chi connectivity index (χ3n) is 2.60. The van der Waals surface area contributed by atoms with Crippen molar-refractivity contribution in [1.29, 1.82) is 5.26 Å². The first-order valence-corrected chi connectivity index (χ1v) is 7.36. The van der Waals surface area contributed by atoms with Gasteiger partial charge in [-0.15, -0.1) is 11.3 Å². The SMILES string of the molecule is COc1cccc(C(=O)/C(C#N)=C/c2csc(Br)c2)c1. The van der Waals surface area contributed by atoms with Crippen LogP contribution in [0, 0.1) is 11.3 Å². The molecular weight excluding hydrogens is 338 g/mol. The van der Waals surface area contributed by atoms with E-state index >= 15 is 0 Å². The minimum Gasteiger partial charge on any atom is -0.497 e. The number of ether oxygens (including phenoxy) is 1. The summed E-state index contributed by atoms with van der Waals surface area (Å²) in [5.41, 5.74) is 1.37. The summed E-state index contributed by atoms with van der Waals surface area (Å²) >= 11 is 4.85. The van der Waals surface area contributed by atoms with Crippen molar-refractivity contribution < 1.29 is 9.53 Å². The second-order valence-electron chi connectivity index (χ2n) is 3.92. The predicted octanol–water partition coefficient (Wildman–Crippen LogP) is 4.31. The van der Waals surface area contributed by atoms with E-state index in [0.717, 1.165) is 9.35 Å². The molecule has 0 aliphatic rings. The van der Waals surface area contributed by atoms with Crippen LogP contribution in [0.25, 0.3) is 6.08 Å². The molecule has 0 radical (unpaired) electrons. The van der Waals surface area contributed by atoms with Crippen molar-refractivity contribution in [2.75, 3.05) is 7.11 Å². The number of ketones is 1. The summed E-state index contributed by atoms with van der Waals surface area (Å²) in [5, 5.41) is 11.0. The number of benzene rings is 1. The van der Waals surface area contributed by atoms with Crippen molar-refractivity contribution in [3.8, 4) is 11.8 Å². The largest absolute Gasteiger partial charge is 0.497 e. The number of Topliss-reactive ketones (excluding diaryl/α,β-unsaturated/α-hetero) is 1. The fourth-order valence-corrected chi connectivity index (χ4v) is 2.77. The fourth-order valence-electron chi connectivity index (χ4n) is 1.63. The first-order chi connectivity index (χ1) is 9.63. The van der Waals surface area contributed by atoms with E-state index in [4.69, 9.17) is 4.74 Å². The molecule has 0 amide bonds. The average molecular weight is 348 g/mol. The van der Waals surface area contributed by atoms with Gasteiger partial charge in [-0.2, -0.15) is 5.26 Å². The maximum atomic E-state index is 12.3. The Morgan fingerprint density at radius 3 is 2.85 bits per heavy atom. The summed E-state index contributed by atoms with van der Waals surface area (Å²) in [5.74, 6) is 0.278. The predicted molar refractivity (Wildman–Crippen MR) is 82.9 cm³/mol. The number of thiophene rings is 1. The number of methoxy groups -OCH3 is 1. The molecule has 0 saturated carbocycles. The molecule has 0 spiro atoms. The zero-order valence-electron chi connectivity index (χ0n) is 10.6. The van der Waals surface area contributed by atoms with Crippen molar-refractivity contribution in [1.82, 2.24) is 0 Å². The van der Waals surface area contributed by atoms with Crippen molar-refractivity contribution in [3.63, 3.8) is 0 Å². The second kappa shape index (κ2) is 6.51. The Hall–Kier alpha value is -1.90. The minimum atomic E-state index is -0.311. The lowest BCUT2D eigenvalue weighted by molar-refractivity contribution is 0.103. The molecule has 1 aromatic heterocycles. The van der Waals surface area contributed by atoms with Crippen LogP contribution >= 0.6 is 27.3 Å². The summed E-state index contributed by atoms with van der Waals surface area (Å²) in [6, 6.07) is 10.6. The van der Waals surface area contributed by atoms with Crippen molar-refractivity contribution in [2.24, 2.45) is 0 Å². The van der Waals surface area contributed by atoms with E-state index in [9.17, 15) is 10.1 Å². The molecule has 0 N–H and O–H groups in total. The summed E-state index contributed by atoms with van der Waals surface area (Å²) in [7, 11) is 1.54. The highest BCUT2D eigenvalue weighted by Crippen LogP contribution is 2.23. The molecule has 20 heavy (non-hydrogen) atoms. The van der Waals surface area contributed by atoms with Crippen LogP contribution in [0.4, 0.5) is 0 Å². The lowest BCUT2D eigenvalue weighted by Gasteiger charge is -2.02. The Labute approximate surface area is 129 Å². The molecule has 0 fully saturated rings. The first kappa shape index (κ1) is 14.5. The molecule has 1 aromatic carbocycles. The van der Waals surface area contributed by atoms with Crippen LogP contribution in [0.1, 0.15) is 15.9 Å². The van der Waals surface area contributed by atoms with Crippen molar-refractivity contribution in [2.45, 2.75) is 0 Å². The summed E-state index contributed by atoms with van der Waals surface area (Å²) in [6.45, 7) is 0. The fraction of sp³-hybridized carbons (Fsp3) is 0.0667. The molecule has 2 aromatic rings. The maximum absolute atomic E-state index is 12.3. The van der Waals surface area contributed by atoms with Gasteiger partial charge in [0, 0.05) is 5.56 Å². The number of hydrogen-bond acceptors (Lipinski definition) is 4. The van der Waals surface area contributed by atoms with E-state index in [1.54, 1.807) is 30.3 Å². The van der Waals surface area contributed by atoms with Gasteiger partial charge in [-0.25, -0.2) is 0 Å². The topological polar surface area (TPSA) is 50.1 Å². The van der Waals surface area contributed by atoms with Crippen LogP contribution in [-0.4, -0.2) is 12.9 Å². The zero-order valence-corrected chi connectivity index (χ0v) is 13.0. The number of rotatable bonds is 4. The smallest absolute Gasteiger partial charge is 0.203 e. The Morgan fingerprint density at radius 1 is 1.45 bits per heavy atom. The summed E-state index contributed by atoms with van der Waals surface area (Å²) in [4.78, 5) is 12.3. The lowest BCUT2D eigenvalue weighted by Crippen LogP contribution is -2.02. The van der Waals surface area contributed by atoms with Gasteiger partial charge in [-0.1, -0.05) is 12.1 Å². The summed E-state index contributed by atoms with van der Waals surface area (Å²) in [6.07, 6.45) is 1.59. The molecule has 1 heterocycles. The van der Waals surface area contributed by atoms with Crippen LogP contribution < -0.4 is 4.74 Å². The number of carbonyl (C=O) groups excluding carboxylic acids is 1. The molecule has 0 aliphatic heterocycles. The van der Waals surface area contributed by atoms with Crippen molar-refractivity contribution in [3.05, 3.63) is 56.2 Å². The highest BCUT2D eigenvalue weighted by Gasteiger charge is 2.13. The van der Waals surface area contributed by atoms with E-state index in [-0.39, 0.29) is 11.4 Å². The highest BCUT2D eigenvalue weighted by molar-refractivity contribution is 9.11. The normalized spacial score (nSPS) is 10.9. The van der Waals surface area contributed by atoms with Crippen LogP contribution in [0.5, 0.6) is 5.75 Å². The van der Waals surface area contributed by atoms with Gasteiger partial charge in [-0.3, -0.25) is 4.79 Å². The Bertz CT molecular complexity index is 713. The number of halogens is 1. The Morgan fingerprint density at radius 2 is 2.25 bits per heavy atom. The van der Waals surface area contributed by atoms with E-state index in [1.807, 2.05) is 17.5 Å². The average Bonchev–Trinajstić information content (AvgIpc) is 2.89. The Balaban J connectivity index is 2.34. The van der Waals surface area contributed by atoms with Gasteiger partial charge in [-0.05, 0) is 51.1 Å². The van der Waals surface area contributed by atoms with Crippen molar-refractivity contribution >= 4 is 39.1 Å². The molecule has 0 bridgehead atoms. The van der Waals surface area contributed by atoms with Crippen LogP contribution in [0.2, 0.25) is 0 Å².